The Morgan fingerprint density at radius 3 is 2.73 bits per heavy atom. The number of rotatable bonds is 6. The van der Waals surface area contributed by atoms with Crippen LogP contribution in [0.3, 0.4) is 0 Å². The van der Waals surface area contributed by atoms with Crippen LogP contribution >= 0.6 is 0 Å². The minimum Gasteiger partial charge on any atom is -0.465 e. The molecule has 9 atom stereocenters. The molecule has 160 valence electrons. The number of carbonyl (C=O) groups excluding carboxylic acids is 3. The third-order valence-electron chi connectivity index (χ3n) is 9.53. The molecule has 4 fully saturated rings. The highest BCUT2D eigenvalue weighted by atomic mass is 16.5. The maximum absolute atomic E-state index is 13.6. The molecule has 0 spiro atoms. The summed E-state index contributed by atoms with van der Waals surface area (Å²) in [6.45, 7) is 0.572. The summed E-state index contributed by atoms with van der Waals surface area (Å²) in [5.74, 6) is 3.43. The van der Waals surface area contributed by atoms with Crippen LogP contribution in [0.5, 0.6) is 0 Å². The number of ketones is 2. The SMILES string of the molecule is O=C1CC(CC2CC3C=CC2(C2C4C=CC(C4)C2C(=O)CC2CCCC2=O)C3)CO1. The summed E-state index contributed by atoms with van der Waals surface area (Å²) in [6.07, 6.45) is 17.6. The molecule has 30 heavy (non-hydrogen) atoms. The Balaban J connectivity index is 1.27. The largest absolute Gasteiger partial charge is 0.465 e. The summed E-state index contributed by atoms with van der Waals surface area (Å²) in [7, 11) is 0. The van der Waals surface area contributed by atoms with Crippen molar-refractivity contribution in [2.75, 3.05) is 6.61 Å². The van der Waals surface area contributed by atoms with Crippen molar-refractivity contribution in [1.82, 2.24) is 0 Å². The minimum atomic E-state index is -0.0510. The highest BCUT2D eigenvalue weighted by Gasteiger charge is 2.62. The lowest BCUT2D eigenvalue weighted by atomic mass is 9.58. The van der Waals surface area contributed by atoms with Crippen molar-refractivity contribution < 1.29 is 19.1 Å². The van der Waals surface area contributed by atoms with E-state index in [-0.39, 0.29) is 23.2 Å². The van der Waals surface area contributed by atoms with Crippen LogP contribution in [0.4, 0.5) is 0 Å². The number of hydrogen-bond acceptors (Lipinski definition) is 4. The highest BCUT2D eigenvalue weighted by molar-refractivity contribution is 5.90. The fraction of sp³-hybridized carbons (Fsp3) is 0.731. The molecular weight excluding hydrogens is 376 g/mol. The Morgan fingerprint density at radius 2 is 2.00 bits per heavy atom. The van der Waals surface area contributed by atoms with Gasteiger partial charge in [-0.1, -0.05) is 24.3 Å². The Bertz CT molecular complexity index is 840. The van der Waals surface area contributed by atoms with Crippen LogP contribution in [0.15, 0.2) is 24.3 Å². The molecule has 3 saturated carbocycles. The summed E-state index contributed by atoms with van der Waals surface area (Å²) < 4.78 is 5.25. The lowest BCUT2D eigenvalue weighted by molar-refractivity contribution is -0.138. The zero-order valence-corrected chi connectivity index (χ0v) is 17.6. The molecule has 0 aromatic rings. The summed E-state index contributed by atoms with van der Waals surface area (Å²) in [6, 6.07) is 0. The third kappa shape index (κ3) is 2.81. The fourth-order valence-corrected chi connectivity index (χ4v) is 8.38. The Morgan fingerprint density at radius 1 is 1.13 bits per heavy atom. The van der Waals surface area contributed by atoms with Crippen LogP contribution in [-0.2, 0) is 19.1 Å². The topological polar surface area (TPSA) is 60.4 Å². The molecule has 6 rings (SSSR count). The molecule has 0 aromatic heterocycles. The molecular formula is C26H32O4. The van der Waals surface area contributed by atoms with E-state index >= 15 is 0 Å². The number of allylic oxidation sites excluding steroid dienone is 4. The second kappa shape index (κ2) is 6.90. The van der Waals surface area contributed by atoms with Crippen molar-refractivity contribution >= 4 is 17.5 Å². The average molecular weight is 409 g/mol. The maximum Gasteiger partial charge on any atom is 0.306 e. The Labute approximate surface area is 178 Å². The number of Topliss-reactive ketones (excluding diaryl/α,β-unsaturated/α-hetero) is 2. The summed E-state index contributed by atoms with van der Waals surface area (Å²) >= 11 is 0. The number of hydrogen-bond donors (Lipinski definition) is 0. The van der Waals surface area contributed by atoms with Gasteiger partial charge in [0.15, 0.2) is 0 Å². The normalized spacial score (nSPS) is 48.3. The van der Waals surface area contributed by atoms with Crippen LogP contribution in [0.25, 0.3) is 0 Å². The minimum absolute atomic E-state index is 0.0216. The van der Waals surface area contributed by atoms with Crippen LogP contribution in [0, 0.1) is 52.8 Å². The van der Waals surface area contributed by atoms with E-state index in [1.54, 1.807) is 0 Å². The molecule has 1 aliphatic heterocycles. The van der Waals surface area contributed by atoms with Crippen molar-refractivity contribution in [2.24, 2.45) is 52.8 Å². The second-order valence-corrected chi connectivity index (χ2v) is 11.1. The van der Waals surface area contributed by atoms with Gasteiger partial charge in [-0.25, -0.2) is 0 Å². The van der Waals surface area contributed by atoms with Gasteiger partial charge in [-0.2, -0.15) is 0 Å². The molecule has 0 amide bonds. The zero-order chi connectivity index (χ0) is 20.5. The lowest BCUT2D eigenvalue weighted by Crippen LogP contribution is -2.43. The molecule has 4 heteroatoms. The Kier molecular flexibility index (Phi) is 4.37. The molecule has 0 radical (unpaired) electrons. The van der Waals surface area contributed by atoms with Gasteiger partial charge < -0.3 is 4.74 Å². The van der Waals surface area contributed by atoms with E-state index in [4.69, 9.17) is 4.74 Å². The van der Waals surface area contributed by atoms with Crippen LogP contribution in [0.2, 0.25) is 0 Å². The monoisotopic (exact) mass is 408 g/mol. The van der Waals surface area contributed by atoms with Gasteiger partial charge in [0.1, 0.15) is 11.6 Å². The molecule has 4 nitrogen and oxygen atoms in total. The van der Waals surface area contributed by atoms with Gasteiger partial charge in [-0.3, -0.25) is 14.4 Å². The Hall–Kier alpha value is -1.71. The van der Waals surface area contributed by atoms with Crippen LogP contribution in [0.1, 0.15) is 57.8 Å². The third-order valence-corrected chi connectivity index (χ3v) is 9.53. The smallest absolute Gasteiger partial charge is 0.306 e. The standard InChI is InChI=1S/C26H32O4/c27-21-3-1-2-17(21)12-22(28)24-18-4-5-19(11-18)25(24)26-7-6-15(13-26)8-20(26)9-16-10-23(29)30-14-16/h4-7,15-20,24-25H,1-3,8-14H2. The van der Waals surface area contributed by atoms with Gasteiger partial charge in [0.05, 0.1) is 13.0 Å². The van der Waals surface area contributed by atoms with E-state index in [0.717, 1.165) is 25.7 Å². The molecule has 4 bridgehead atoms. The average Bonchev–Trinajstić information content (AvgIpc) is 3.53. The first-order chi connectivity index (χ1) is 14.5. The van der Waals surface area contributed by atoms with Crippen molar-refractivity contribution in [3.05, 3.63) is 24.3 Å². The van der Waals surface area contributed by atoms with E-state index in [9.17, 15) is 14.4 Å². The number of esters is 1. The molecule has 6 aliphatic rings. The lowest BCUT2D eigenvalue weighted by Gasteiger charge is -2.45. The number of cyclic esters (lactones) is 1. The molecule has 5 aliphatic carbocycles. The second-order valence-electron chi connectivity index (χ2n) is 11.1. The summed E-state index contributed by atoms with van der Waals surface area (Å²) in [5, 5.41) is 0. The predicted octanol–water partition coefficient (Wildman–Crippen LogP) is 4.29. The number of ether oxygens (including phenoxy) is 1. The quantitative estimate of drug-likeness (QED) is 0.486. The predicted molar refractivity (Wildman–Crippen MR) is 111 cm³/mol. The summed E-state index contributed by atoms with van der Waals surface area (Å²) in [5.41, 5.74) is 0.0977. The first-order valence-electron chi connectivity index (χ1n) is 12.1. The number of fused-ring (bicyclic) bond motifs is 4. The molecule has 9 unspecified atom stereocenters. The van der Waals surface area contributed by atoms with Crippen molar-refractivity contribution in [1.29, 1.82) is 0 Å². The van der Waals surface area contributed by atoms with Crippen molar-refractivity contribution in [2.45, 2.75) is 57.8 Å². The van der Waals surface area contributed by atoms with Gasteiger partial charge in [-0.05, 0) is 73.5 Å². The van der Waals surface area contributed by atoms with E-state index in [1.165, 1.54) is 12.8 Å². The first kappa shape index (κ1) is 19.0. The van der Waals surface area contributed by atoms with Gasteiger partial charge in [0.25, 0.3) is 0 Å². The first-order valence-corrected chi connectivity index (χ1v) is 12.1. The van der Waals surface area contributed by atoms with E-state index in [2.05, 4.69) is 24.3 Å². The van der Waals surface area contributed by atoms with Gasteiger partial charge in [0, 0.05) is 30.6 Å². The molecule has 0 aromatic carbocycles. The van der Waals surface area contributed by atoms with Crippen molar-refractivity contribution in [3.8, 4) is 0 Å². The summed E-state index contributed by atoms with van der Waals surface area (Å²) in [4.78, 5) is 37.4. The molecule has 1 saturated heterocycles. The van der Waals surface area contributed by atoms with E-state index in [1.807, 2.05) is 0 Å². The fourth-order valence-electron chi connectivity index (χ4n) is 8.38. The zero-order valence-electron chi connectivity index (χ0n) is 17.6. The van der Waals surface area contributed by atoms with E-state index < -0.39 is 0 Å². The van der Waals surface area contributed by atoms with Crippen molar-refractivity contribution in [3.63, 3.8) is 0 Å². The van der Waals surface area contributed by atoms with Gasteiger partial charge in [-0.15, -0.1) is 0 Å². The van der Waals surface area contributed by atoms with Crippen LogP contribution in [-0.4, -0.2) is 24.1 Å². The molecule has 0 N–H and O–H groups in total. The highest BCUT2D eigenvalue weighted by Crippen LogP contribution is 2.67. The number of carbonyl (C=O) groups is 3. The van der Waals surface area contributed by atoms with E-state index in [0.29, 0.717) is 72.9 Å². The maximum atomic E-state index is 13.6. The van der Waals surface area contributed by atoms with Crippen LogP contribution < -0.4 is 0 Å². The van der Waals surface area contributed by atoms with Gasteiger partial charge in [0.2, 0.25) is 0 Å². The van der Waals surface area contributed by atoms with Gasteiger partial charge >= 0.3 is 5.97 Å². The molecule has 1 heterocycles.